The summed E-state index contributed by atoms with van der Waals surface area (Å²) >= 11 is 5.18. The molecule has 0 aliphatic heterocycles. The van der Waals surface area contributed by atoms with Gasteiger partial charge in [0.25, 0.3) is 0 Å². The van der Waals surface area contributed by atoms with Crippen LogP contribution in [0.3, 0.4) is 0 Å². The Balaban J connectivity index is 2.64. The molecular weight excluding hydrogens is 256 g/mol. The van der Waals surface area contributed by atoms with Crippen LogP contribution in [0.4, 0.5) is 5.69 Å². The van der Waals surface area contributed by atoms with E-state index in [1.54, 1.807) is 0 Å². The first kappa shape index (κ1) is 15.6. The molecule has 0 saturated heterocycles. The molecule has 0 bridgehead atoms. The summed E-state index contributed by atoms with van der Waals surface area (Å²) in [5.41, 5.74) is 3.13. The van der Waals surface area contributed by atoms with Gasteiger partial charge in [-0.05, 0) is 42.6 Å². The fourth-order valence-corrected chi connectivity index (χ4v) is 2.02. The van der Waals surface area contributed by atoms with Crippen molar-refractivity contribution >= 4 is 28.9 Å². The van der Waals surface area contributed by atoms with Gasteiger partial charge in [0.1, 0.15) is 0 Å². The first-order valence-corrected chi connectivity index (χ1v) is 6.77. The number of thiocarbonyl (C=S) groups is 1. The Hall–Kier alpha value is -1.42. The average molecular weight is 278 g/mol. The number of hydrogen-bond acceptors (Lipinski definition) is 2. The number of rotatable bonds is 2. The van der Waals surface area contributed by atoms with Crippen molar-refractivity contribution in [3.63, 3.8) is 0 Å². The highest BCUT2D eigenvalue weighted by atomic mass is 32.1. The van der Waals surface area contributed by atoms with Gasteiger partial charge in [-0.15, -0.1) is 0 Å². The topological polar surface area (TPSA) is 41.1 Å². The zero-order valence-corrected chi connectivity index (χ0v) is 13.1. The number of nitrogens with one attached hydrogen (secondary N) is 2. The second-order valence-corrected chi connectivity index (χ2v) is 6.41. The Morgan fingerprint density at radius 2 is 1.74 bits per heavy atom. The molecule has 1 aromatic carbocycles. The van der Waals surface area contributed by atoms with E-state index in [9.17, 15) is 4.79 Å². The predicted molar refractivity (Wildman–Crippen MR) is 84.4 cm³/mol. The van der Waals surface area contributed by atoms with Crippen molar-refractivity contribution in [2.45, 2.75) is 41.0 Å². The maximum atomic E-state index is 11.8. The molecule has 0 radical (unpaired) electrons. The van der Waals surface area contributed by atoms with Gasteiger partial charge in [0.2, 0.25) is 5.91 Å². The van der Waals surface area contributed by atoms with Crippen molar-refractivity contribution in [1.29, 1.82) is 0 Å². The van der Waals surface area contributed by atoms with E-state index < -0.39 is 0 Å². The van der Waals surface area contributed by atoms with E-state index in [0.717, 1.165) is 16.8 Å². The second kappa shape index (κ2) is 6.15. The number of carbonyl (C=O) groups excluding carboxylic acids is 1. The van der Waals surface area contributed by atoms with Gasteiger partial charge in [-0.1, -0.05) is 39.0 Å². The molecule has 0 aliphatic carbocycles. The number of aryl methyl sites for hydroxylation is 2. The molecular formula is C15H22N2OS. The van der Waals surface area contributed by atoms with Gasteiger partial charge in [-0.3, -0.25) is 4.79 Å². The molecule has 1 aromatic rings. The number of carbonyl (C=O) groups is 1. The molecule has 1 rings (SSSR count). The molecule has 0 atom stereocenters. The fourth-order valence-electron chi connectivity index (χ4n) is 1.81. The Labute approximate surface area is 120 Å². The standard InChI is InChI=1S/C15H22N2OS/c1-10-7-6-8-11(2)13(10)17-14(19)16-12(18)9-15(3,4)5/h6-8H,9H2,1-5H3,(H2,16,17,18,19). The van der Waals surface area contributed by atoms with Crippen molar-refractivity contribution in [2.75, 3.05) is 5.32 Å². The lowest BCUT2D eigenvalue weighted by atomic mass is 9.92. The van der Waals surface area contributed by atoms with Crippen LogP contribution in [0.25, 0.3) is 0 Å². The predicted octanol–water partition coefficient (Wildman–Crippen LogP) is 3.55. The van der Waals surface area contributed by atoms with Crippen LogP contribution in [-0.4, -0.2) is 11.0 Å². The SMILES string of the molecule is Cc1cccc(C)c1NC(=S)NC(=O)CC(C)(C)C. The van der Waals surface area contributed by atoms with E-state index in [-0.39, 0.29) is 11.3 Å². The molecule has 19 heavy (non-hydrogen) atoms. The average Bonchev–Trinajstić information content (AvgIpc) is 2.20. The summed E-state index contributed by atoms with van der Waals surface area (Å²) in [5, 5.41) is 6.17. The summed E-state index contributed by atoms with van der Waals surface area (Å²) in [6, 6.07) is 6.01. The van der Waals surface area contributed by atoms with E-state index in [4.69, 9.17) is 12.2 Å². The van der Waals surface area contributed by atoms with Gasteiger partial charge in [0.05, 0.1) is 0 Å². The van der Waals surface area contributed by atoms with Crippen molar-refractivity contribution in [2.24, 2.45) is 5.41 Å². The van der Waals surface area contributed by atoms with Crippen molar-refractivity contribution in [3.8, 4) is 0 Å². The van der Waals surface area contributed by atoms with Crippen molar-refractivity contribution in [3.05, 3.63) is 29.3 Å². The van der Waals surface area contributed by atoms with Gasteiger partial charge < -0.3 is 10.6 Å². The number of anilines is 1. The first-order valence-electron chi connectivity index (χ1n) is 6.36. The number of amides is 1. The molecule has 0 heterocycles. The summed E-state index contributed by atoms with van der Waals surface area (Å²) in [6.07, 6.45) is 0.446. The largest absolute Gasteiger partial charge is 0.332 e. The third-order valence-electron chi connectivity index (χ3n) is 2.66. The van der Waals surface area contributed by atoms with E-state index in [0.29, 0.717) is 11.5 Å². The van der Waals surface area contributed by atoms with E-state index >= 15 is 0 Å². The third-order valence-corrected chi connectivity index (χ3v) is 2.87. The van der Waals surface area contributed by atoms with Gasteiger partial charge in [-0.25, -0.2) is 0 Å². The summed E-state index contributed by atoms with van der Waals surface area (Å²) < 4.78 is 0. The maximum absolute atomic E-state index is 11.8. The molecule has 0 aliphatic rings. The minimum atomic E-state index is -0.0590. The van der Waals surface area contributed by atoms with Gasteiger partial charge in [0.15, 0.2) is 5.11 Å². The summed E-state index contributed by atoms with van der Waals surface area (Å²) in [6.45, 7) is 10.1. The molecule has 0 saturated carbocycles. The van der Waals surface area contributed by atoms with Crippen LogP contribution >= 0.6 is 12.2 Å². The van der Waals surface area contributed by atoms with Gasteiger partial charge >= 0.3 is 0 Å². The van der Waals surface area contributed by atoms with Crippen LogP contribution in [0.1, 0.15) is 38.3 Å². The highest BCUT2D eigenvalue weighted by Gasteiger charge is 2.16. The van der Waals surface area contributed by atoms with E-state index in [2.05, 4.69) is 10.6 Å². The Morgan fingerprint density at radius 1 is 1.21 bits per heavy atom. The number of benzene rings is 1. The van der Waals surface area contributed by atoms with E-state index in [1.807, 2.05) is 52.8 Å². The van der Waals surface area contributed by atoms with Crippen LogP contribution in [0.15, 0.2) is 18.2 Å². The van der Waals surface area contributed by atoms with Crippen LogP contribution in [0.2, 0.25) is 0 Å². The van der Waals surface area contributed by atoms with Crippen LogP contribution in [-0.2, 0) is 4.79 Å². The third kappa shape index (κ3) is 5.39. The molecule has 0 unspecified atom stereocenters. The minimum absolute atomic E-state index is 0.0434. The van der Waals surface area contributed by atoms with E-state index in [1.165, 1.54) is 0 Å². The Kier molecular flexibility index (Phi) is 5.06. The molecule has 0 fully saturated rings. The minimum Gasteiger partial charge on any atom is -0.332 e. The molecule has 1 amide bonds. The lowest BCUT2D eigenvalue weighted by molar-refractivity contribution is -0.121. The van der Waals surface area contributed by atoms with Crippen molar-refractivity contribution < 1.29 is 4.79 Å². The van der Waals surface area contributed by atoms with Gasteiger partial charge in [-0.2, -0.15) is 0 Å². The second-order valence-electron chi connectivity index (χ2n) is 6.01. The Bertz CT molecular complexity index is 469. The van der Waals surface area contributed by atoms with Crippen LogP contribution < -0.4 is 10.6 Å². The monoisotopic (exact) mass is 278 g/mol. The summed E-state index contributed by atoms with van der Waals surface area (Å²) in [4.78, 5) is 11.8. The smallest absolute Gasteiger partial charge is 0.226 e. The molecule has 0 spiro atoms. The van der Waals surface area contributed by atoms with Crippen LogP contribution in [0.5, 0.6) is 0 Å². The lowest BCUT2D eigenvalue weighted by Crippen LogP contribution is -2.36. The molecule has 3 nitrogen and oxygen atoms in total. The summed E-state index contributed by atoms with van der Waals surface area (Å²) in [7, 11) is 0. The molecule has 104 valence electrons. The Morgan fingerprint density at radius 3 is 2.21 bits per heavy atom. The van der Waals surface area contributed by atoms with Gasteiger partial charge in [0, 0.05) is 12.1 Å². The zero-order valence-electron chi connectivity index (χ0n) is 12.3. The maximum Gasteiger partial charge on any atom is 0.226 e. The highest BCUT2D eigenvalue weighted by Crippen LogP contribution is 2.20. The summed E-state index contributed by atoms with van der Waals surface area (Å²) in [5.74, 6) is -0.0590. The number of hydrogen-bond donors (Lipinski definition) is 2. The lowest BCUT2D eigenvalue weighted by Gasteiger charge is -2.18. The molecule has 2 N–H and O–H groups in total. The highest BCUT2D eigenvalue weighted by molar-refractivity contribution is 7.80. The molecule has 4 heteroatoms. The quantitative estimate of drug-likeness (QED) is 0.813. The zero-order chi connectivity index (χ0) is 14.6. The first-order chi connectivity index (χ1) is 8.69. The molecule has 0 aromatic heterocycles. The fraction of sp³-hybridized carbons (Fsp3) is 0.467. The normalized spacial score (nSPS) is 11.0. The van der Waals surface area contributed by atoms with Crippen molar-refractivity contribution in [1.82, 2.24) is 5.32 Å². The van der Waals surface area contributed by atoms with Crippen LogP contribution in [0, 0.1) is 19.3 Å². The number of para-hydroxylation sites is 1.